The number of nitrogens with zero attached hydrogens (tertiary/aromatic N) is 3. The van der Waals surface area contributed by atoms with Gasteiger partial charge in [-0.2, -0.15) is 5.10 Å². The van der Waals surface area contributed by atoms with Crippen molar-refractivity contribution in [3.05, 3.63) is 33.0 Å². The highest BCUT2D eigenvalue weighted by atomic mass is 32.1. The topological polar surface area (TPSA) is 42.7 Å². The van der Waals surface area contributed by atoms with Crippen molar-refractivity contribution in [2.24, 2.45) is 0 Å². The quantitative estimate of drug-likeness (QED) is 0.826. The van der Waals surface area contributed by atoms with E-state index in [9.17, 15) is 0 Å². The summed E-state index contributed by atoms with van der Waals surface area (Å²) in [6.45, 7) is 11.1. The molecule has 0 aromatic carbocycles. The molecule has 0 fully saturated rings. The minimum atomic E-state index is 0.772. The third kappa shape index (κ3) is 3.64. The van der Waals surface area contributed by atoms with Crippen LogP contribution in [0.25, 0.3) is 0 Å². The predicted molar refractivity (Wildman–Crippen MR) is 79.7 cm³/mol. The summed E-state index contributed by atoms with van der Waals surface area (Å²) in [6.07, 6.45) is 3.29. The number of hydrogen-bond acceptors (Lipinski definition) is 4. The van der Waals surface area contributed by atoms with Gasteiger partial charge in [0.1, 0.15) is 5.01 Å². The Morgan fingerprint density at radius 1 is 1.26 bits per heavy atom. The second-order valence-electron chi connectivity index (χ2n) is 4.86. The van der Waals surface area contributed by atoms with Crippen molar-refractivity contribution in [2.75, 3.05) is 6.54 Å². The molecule has 0 radical (unpaired) electrons. The van der Waals surface area contributed by atoms with E-state index in [0.717, 1.165) is 42.5 Å². The first-order valence-corrected chi connectivity index (χ1v) is 7.58. The zero-order chi connectivity index (χ0) is 13.8. The van der Waals surface area contributed by atoms with Crippen LogP contribution in [0.4, 0.5) is 0 Å². The average Bonchev–Trinajstić information content (AvgIpc) is 2.84. The maximum Gasteiger partial charge on any atom is 0.115 e. The van der Waals surface area contributed by atoms with Crippen molar-refractivity contribution < 1.29 is 0 Å². The van der Waals surface area contributed by atoms with Crippen LogP contribution in [0.15, 0.2) is 6.20 Å². The van der Waals surface area contributed by atoms with Gasteiger partial charge >= 0.3 is 0 Å². The van der Waals surface area contributed by atoms with E-state index in [2.05, 4.69) is 49.3 Å². The van der Waals surface area contributed by atoms with Crippen LogP contribution >= 0.6 is 11.3 Å². The molecule has 0 unspecified atom stereocenters. The van der Waals surface area contributed by atoms with Gasteiger partial charge in [-0.15, -0.1) is 11.3 Å². The fourth-order valence-electron chi connectivity index (χ4n) is 1.96. The Morgan fingerprint density at radius 3 is 2.68 bits per heavy atom. The van der Waals surface area contributed by atoms with E-state index < -0.39 is 0 Å². The maximum absolute atomic E-state index is 4.57. The third-order valence-corrected chi connectivity index (χ3v) is 4.22. The molecule has 2 aromatic rings. The van der Waals surface area contributed by atoms with E-state index in [1.54, 1.807) is 11.3 Å². The van der Waals surface area contributed by atoms with Gasteiger partial charge in [-0.3, -0.25) is 4.68 Å². The van der Waals surface area contributed by atoms with E-state index in [4.69, 9.17) is 0 Å². The molecular weight excluding hydrogens is 256 g/mol. The second kappa shape index (κ2) is 6.30. The molecule has 104 valence electrons. The Labute approximate surface area is 118 Å². The highest BCUT2D eigenvalue weighted by Gasteiger charge is 2.08. The zero-order valence-electron chi connectivity index (χ0n) is 12.2. The van der Waals surface area contributed by atoms with E-state index in [1.165, 1.54) is 10.4 Å². The summed E-state index contributed by atoms with van der Waals surface area (Å²) in [5, 5.41) is 9.11. The van der Waals surface area contributed by atoms with Gasteiger partial charge in [-0.05, 0) is 33.7 Å². The lowest BCUT2D eigenvalue weighted by Gasteiger charge is -2.00. The van der Waals surface area contributed by atoms with Gasteiger partial charge in [-0.1, -0.05) is 6.92 Å². The summed E-state index contributed by atoms with van der Waals surface area (Å²) in [4.78, 5) is 5.86. The number of rotatable bonds is 6. The van der Waals surface area contributed by atoms with Crippen LogP contribution in [0.3, 0.4) is 0 Å². The highest BCUT2D eigenvalue weighted by Crippen LogP contribution is 2.17. The molecule has 0 saturated heterocycles. The minimum absolute atomic E-state index is 0.772. The van der Waals surface area contributed by atoms with Crippen LogP contribution in [0.2, 0.25) is 0 Å². The van der Waals surface area contributed by atoms with E-state index in [0.29, 0.717) is 0 Å². The van der Waals surface area contributed by atoms with Crippen LogP contribution < -0.4 is 5.32 Å². The predicted octanol–water partition coefficient (Wildman–Crippen LogP) is 2.81. The Balaban J connectivity index is 2.03. The molecule has 1 N–H and O–H groups in total. The SMILES string of the molecule is CCCNCc1cn(Cc2nc(C)c(C)s2)nc1C. The molecular formula is C14H22N4S. The fraction of sp³-hybridized carbons (Fsp3) is 0.571. The summed E-state index contributed by atoms with van der Waals surface area (Å²) in [7, 11) is 0. The molecule has 0 aliphatic carbocycles. The molecule has 5 heteroatoms. The fourth-order valence-corrected chi connectivity index (χ4v) is 2.89. The van der Waals surface area contributed by atoms with Crippen LogP contribution in [0.1, 0.15) is 40.2 Å². The summed E-state index contributed by atoms with van der Waals surface area (Å²) in [5.41, 5.74) is 3.51. The van der Waals surface area contributed by atoms with Crippen molar-refractivity contribution in [2.45, 2.75) is 47.2 Å². The van der Waals surface area contributed by atoms with Gasteiger partial charge in [0.25, 0.3) is 0 Å². The number of aryl methyl sites for hydroxylation is 3. The molecule has 19 heavy (non-hydrogen) atoms. The Bertz CT molecular complexity index is 522. The number of thiazole rings is 1. The number of aromatic nitrogens is 3. The molecule has 0 bridgehead atoms. The third-order valence-electron chi connectivity index (χ3n) is 3.16. The summed E-state index contributed by atoms with van der Waals surface area (Å²) in [6, 6.07) is 0. The van der Waals surface area contributed by atoms with Crippen molar-refractivity contribution in [3.8, 4) is 0 Å². The van der Waals surface area contributed by atoms with Gasteiger partial charge in [0.15, 0.2) is 0 Å². The Morgan fingerprint density at radius 2 is 2.05 bits per heavy atom. The molecule has 0 aliphatic rings. The van der Waals surface area contributed by atoms with Crippen LogP contribution in [-0.2, 0) is 13.1 Å². The molecule has 2 rings (SSSR count). The van der Waals surface area contributed by atoms with E-state index in [1.807, 2.05) is 4.68 Å². The van der Waals surface area contributed by atoms with Gasteiger partial charge < -0.3 is 5.32 Å². The van der Waals surface area contributed by atoms with Gasteiger partial charge in [0.05, 0.1) is 17.9 Å². The van der Waals surface area contributed by atoms with Gasteiger partial charge in [-0.25, -0.2) is 4.98 Å². The molecule has 4 nitrogen and oxygen atoms in total. The van der Waals surface area contributed by atoms with Crippen molar-refractivity contribution in [1.29, 1.82) is 0 Å². The smallest absolute Gasteiger partial charge is 0.115 e. The lowest BCUT2D eigenvalue weighted by atomic mass is 10.2. The lowest BCUT2D eigenvalue weighted by molar-refractivity contribution is 0.667. The Hall–Kier alpha value is -1.20. The first kappa shape index (κ1) is 14.2. The molecule has 0 amide bonds. The summed E-state index contributed by atoms with van der Waals surface area (Å²) < 4.78 is 2.00. The molecule has 0 atom stereocenters. The maximum atomic E-state index is 4.57. The average molecular weight is 278 g/mol. The minimum Gasteiger partial charge on any atom is -0.313 e. The number of hydrogen-bond donors (Lipinski definition) is 1. The van der Waals surface area contributed by atoms with Gasteiger partial charge in [0.2, 0.25) is 0 Å². The van der Waals surface area contributed by atoms with Crippen LogP contribution in [0, 0.1) is 20.8 Å². The van der Waals surface area contributed by atoms with E-state index >= 15 is 0 Å². The molecule has 2 heterocycles. The van der Waals surface area contributed by atoms with E-state index in [-0.39, 0.29) is 0 Å². The summed E-state index contributed by atoms with van der Waals surface area (Å²) >= 11 is 1.76. The molecule has 0 saturated carbocycles. The standard InChI is InChI=1S/C14H22N4S/c1-5-6-15-7-13-8-18(17-11(13)3)9-14-16-10(2)12(4)19-14/h8,15H,5-7,9H2,1-4H3. The monoisotopic (exact) mass is 278 g/mol. The van der Waals surface area contributed by atoms with Crippen LogP contribution in [-0.4, -0.2) is 21.3 Å². The van der Waals surface area contributed by atoms with Crippen molar-refractivity contribution >= 4 is 11.3 Å². The normalized spacial score (nSPS) is 11.2. The Kier molecular flexibility index (Phi) is 4.71. The largest absolute Gasteiger partial charge is 0.313 e. The first-order valence-electron chi connectivity index (χ1n) is 6.76. The molecule has 0 spiro atoms. The second-order valence-corrected chi connectivity index (χ2v) is 6.15. The van der Waals surface area contributed by atoms with Crippen molar-refractivity contribution in [1.82, 2.24) is 20.1 Å². The molecule has 2 aromatic heterocycles. The summed E-state index contributed by atoms with van der Waals surface area (Å²) in [5.74, 6) is 0. The highest BCUT2D eigenvalue weighted by molar-refractivity contribution is 7.11. The number of nitrogens with one attached hydrogen (secondary N) is 1. The molecule has 0 aliphatic heterocycles. The van der Waals surface area contributed by atoms with Gasteiger partial charge in [0, 0.05) is 23.2 Å². The van der Waals surface area contributed by atoms with Crippen molar-refractivity contribution in [3.63, 3.8) is 0 Å². The zero-order valence-corrected chi connectivity index (χ0v) is 13.0. The van der Waals surface area contributed by atoms with Crippen LogP contribution in [0.5, 0.6) is 0 Å². The first-order chi connectivity index (χ1) is 9.10. The lowest BCUT2D eigenvalue weighted by Crippen LogP contribution is -2.13.